The number of aromatic carboxylic acids is 1. The fourth-order valence-electron chi connectivity index (χ4n) is 1.48. The standard InChI is InChI=1S/C14H18O5.ClH/c1-2-3-4-5-10-18-14(17)19-12-8-6-11(7-9-12)13(15)16;/h6-9H,2-5,10H2,1H3,(H,15,16);1H. The predicted octanol–water partition coefficient (Wildman–Crippen LogP) is 3.90. The molecule has 0 aliphatic rings. The molecule has 6 heteroatoms. The van der Waals surface area contributed by atoms with Crippen LogP contribution in [0.4, 0.5) is 4.79 Å². The molecule has 0 amide bonds. The SMILES string of the molecule is CCCCCCOC(=O)Oc1ccc(C(=O)O)cc1.Cl. The van der Waals surface area contributed by atoms with Gasteiger partial charge in [-0.25, -0.2) is 9.59 Å². The normalized spacial score (nSPS) is 9.45. The van der Waals surface area contributed by atoms with Crippen LogP contribution in [0.5, 0.6) is 5.75 Å². The average Bonchev–Trinajstić information content (AvgIpc) is 2.39. The van der Waals surface area contributed by atoms with Crippen LogP contribution in [-0.4, -0.2) is 23.8 Å². The third-order valence-corrected chi connectivity index (χ3v) is 2.52. The monoisotopic (exact) mass is 302 g/mol. The Kier molecular flexibility index (Phi) is 9.20. The van der Waals surface area contributed by atoms with Crippen molar-refractivity contribution in [3.8, 4) is 5.75 Å². The lowest BCUT2D eigenvalue weighted by Crippen LogP contribution is -2.11. The van der Waals surface area contributed by atoms with Crippen LogP contribution in [-0.2, 0) is 4.74 Å². The van der Waals surface area contributed by atoms with Crippen LogP contribution < -0.4 is 4.74 Å². The largest absolute Gasteiger partial charge is 0.513 e. The minimum atomic E-state index is -1.02. The summed E-state index contributed by atoms with van der Waals surface area (Å²) in [5, 5.41) is 8.71. The lowest BCUT2D eigenvalue weighted by atomic mass is 10.2. The van der Waals surface area contributed by atoms with Gasteiger partial charge in [-0.3, -0.25) is 0 Å². The molecule has 1 N–H and O–H groups in total. The summed E-state index contributed by atoms with van der Waals surface area (Å²) in [6, 6.07) is 5.57. The van der Waals surface area contributed by atoms with Gasteiger partial charge in [0.2, 0.25) is 0 Å². The van der Waals surface area contributed by atoms with Gasteiger partial charge in [0.1, 0.15) is 5.75 Å². The fraction of sp³-hybridized carbons (Fsp3) is 0.429. The van der Waals surface area contributed by atoms with E-state index < -0.39 is 12.1 Å². The molecule has 0 heterocycles. The zero-order chi connectivity index (χ0) is 14.1. The number of unbranched alkanes of at least 4 members (excludes halogenated alkanes) is 3. The number of benzene rings is 1. The van der Waals surface area contributed by atoms with E-state index in [4.69, 9.17) is 14.6 Å². The second-order valence-electron chi connectivity index (χ2n) is 4.09. The number of hydrogen-bond acceptors (Lipinski definition) is 4. The van der Waals surface area contributed by atoms with Gasteiger partial charge in [-0.2, -0.15) is 0 Å². The quantitative estimate of drug-likeness (QED) is 0.470. The van der Waals surface area contributed by atoms with Crippen LogP contribution in [0.1, 0.15) is 43.0 Å². The number of rotatable bonds is 7. The lowest BCUT2D eigenvalue weighted by Gasteiger charge is -2.05. The summed E-state index contributed by atoms with van der Waals surface area (Å²) < 4.78 is 9.79. The number of carbonyl (C=O) groups is 2. The molecule has 0 radical (unpaired) electrons. The molecular formula is C14H19ClO5. The van der Waals surface area contributed by atoms with Crippen molar-refractivity contribution in [3.05, 3.63) is 29.8 Å². The minimum Gasteiger partial charge on any atom is -0.478 e. The van der Waals surface area contributed by atoms with Gasteiger partial charge in [0.05, 0.1) is 12.2 Å². The van der Waals surface area contributed by atoms with Crippen molar-refractivity contribution in [3.63, 3.8) is 0 Å². The highest BCUT2D eigenvalue weighted by molar-refractivity contribution is 5.87. The van der Waals surface area contributed by atoms with Crippen molar-refractivity contribution in [2.75, 3.05) is 6.61 Å². The molecule has 1 aromatic rings. The molecule has 0 spiro atoms. The zero-order valence-corrected chi connectivity index (χ0v) is 12.1. The van der Waals surface area contributed by atoms with Gasteiger partial charge in [0, 0.05) is 0 Å². The average molecular weight is 303 g/mol. The minimum absolute atomic E-state index is 0. The molecule has 20 heavy (non-hydrogen) atoms. The third kappa shape index (κ3) is 6.99. The van der Waals surface area contributed by atoms with Crippen molar-refractivity contribution in [2.24, 2.45) is 0 Å². The van der Waals surface area contributed by atoms with Crippen molar-refractivity contribution in [2.45, 2.75) is 32.6 Å². The second-order valence-corrected chi connectivity index (χ2v) is 4.09. The Morgan fingerprint density at radius 2 is 1.75 bits per heavy atom. The van der Waals surface area contributed by atoms with E-state index in [1.165, 1.54) is 24.3 Å². The maximum atomic E-state index is 11.3. The van der Waals surface area contributed by atoms with Crippen molar-refractivity contribution >= 4 is 24.5 Å². The summed E-state index contributed by atoms with van der Waals surface area (Å²) in [5.41, 5.74) is 0.139. The summed E-state index contributed by atoms with van der Waals surface area (Å²) in [6.45, 7) is 2.45. The van der Waals surface area contributed by atoms with Gasteiger partial charge in [-0.05, 0) is 30.7 Å². The Labute approximate surface area is 124 Å². The Balaban J connectivity index is 0.00000361. The van der Waals surface area contributed by atoms with Crippen LogP contribution in [0.15, 0.2) is 24.3 Å². The first-order valence-corrected chi connectivity index (χ1v) is 6.31. The Morgan fingerprint density at radius 3 is 2.30 bits per heavy atom. The number of ether oxygens (including phenoxy) is 2. The first-order valence-electron chi connectivity index (χ1n) is 6.31. The summed E-state index contributed by atoms with van der Waals surface area (Å²) in [5.74, 6) is -0.756. The topological polar surface area (TPSA) is 72.8 Å². The highest BCUT2D eigenvalue weighted by atomic mass is 35.5. The number of carboxylic acid groups (broad SMARTS) is 1. The maximum absolute atomic E-state index is 11.3. The number of carbonyl (C=O) groups excluding carboxylic acids is 1. The van der Waals surface area contributed by atoms with Gasteiger partial charge in [-0.1, -0.05) is 26.2 Å². The van der Waals surface area contributed by atoms with E-state index in [9.17, 15) is 9.59 Å². The van der Waals surface area contributed by atoms with Crippen molar-refractivity contribution in [1.29, 1.82) is 0 Å². The molecule has 5 nitrogen and oxygen atoms in total. The molecule has 0 fully saturated rings. The predicted molar refractivity (Wildman–Crippen MR) is 76.8 cm³/mol. The molecule has 0 saturated heterocycles. The van der Waals surface area contributed by atoms with Gasteiger partial charge in [0.25, 0.3) is 0 Å². The van der Waals surface area contributed by atoms with Crippen LogP contribution in [0.3, 0.4) is 0 Å². The van der Waals surface area contributed by atoms with Gasteiger partial charge >= 0.3 is 12.1 Å². The summed E-state index contributed by atoms with van der Waals surface area (Å²) in [7, 11) is 0. The molecule has 0 saturated carbocycles. The van der Waals surface area contributed by atoms with E-state index in [-0.39, 0.29) is 23.7 Å². The van der Waals surface area contributed by atoms with Gasteiger partial charge < -0.3 is 14.6 Å². The Bertz CT molecular complexity index is 416. The highest BCUT2D eigenvalue weighted by Gasteiger charge is 2.07. The maximum Gasteiger partial charge on any atom is 0.513 e. The van der Waals surface area contributed by atoms with Gasteiger partial charge in [0.15, 0.2) is 0 Å². The summed E-state index contributed by atoms with van der Waals surface area (Å²) in [4.78, 5) is 21.9. The van der Waals surface area contributed by atoms with E-state index in [1.54, 1.807) is 0 Å². The van der Waals surface area contributed by atoms with E-state index >= 15 is 0 Å². The molecule has 0 atom stereocenters. The molecule has 0 bridgehead atoms. The van der Waals surface area contributed by atoms with E-state index in [2.05, 4.69) is 6.92 Å². The number of hydrogen-bond donors (Lipinski definition) is 1. The highest BCUT2D eigenvalue weighted by Crippen LogP contribution is 2.13. The summed E-state index contributed by atoms with van der Waals surface area (Å²) >= 11 is 0. The van der Waals surface area contributed by atoms with Crippen LogP contribution in [0.2, 0.25) is 0 Å². The molecule has 0 aromatic heterocycles. The third-order valence-electron chi connectivity index (χ3n) is 2.52. The fourth-order valence-corrected chi connectivity index (χ4v) is 1.48. The van der Waals surface area contributed by atoms with Crippen molar-refractivity contribution in [1.82, 2.24) is 0 Å². The second kappa shape index (κ2) is 10.1. The number of halogens is 1. The zero-order valence-electron chi connectivity index (χ0n) is 11.3. The van der Waals surface area contributed by atoms with E-state index in [0.717, 1.165) is 25.7 Å². The van der Waals surface area contributed by atoms with E-state index in [0.29, 0.717) is 6.61 Å². The smallest absolute Gasteiger partial charge is 0.478 e. The van der Waals surface area contributed by atoms with Crippen molar-refractivity contribution < 1.29 is 24.2 Å². The first kappa shape index (κ1) is 18.2. The Hall–Kier alpha value is -1.75. The molecule has 112 valence electrons. The summed E-state index contributed by atoms with van der Waals surface area (Å²) in [6.07, 6.45) is 3.33. The number of carboxylic acids is 1. The van der Waals surface area contributed by atoms with E-state index in [1.807, 2.05) is 0 Å². The molecule has 0 aliphatic heterocycles. The lowest BCUT2D eigenvalue weighted by molar-refractivity contribution is 0.0697. The molecule has 1 rings (SSSR count). The Morgan fingerprint density at radius 1 is 1.10 bits per heavy atom. The first-order chi connectivity index (χ1) is 9.13. The van der Waals surface area contributed by atoms with Gasteiger partial charge in [-0.15, -0.1) is 12.4 Å². The van der Waals surface area contributed by atoms with Crippen LogP contribution >= 0.6 is 12.4 Å². The molecule has 0 unspecified atom stereocenters. The van der Waals surface area contributed by atoms with Crippen LogP contribution in [0, 0.1) is 0 Å². The molecule has 1 aromatic carbocycles. The molecular weight excluding hydrogens is 284 g/mol. The molecule has 0 aliphatic carbocycles. The van der Waals surface area contributed by atoms with Crippen LogP contribution in [0.25, 0.3) is 0 Å².